The Bertz CT molecular complexity index is 835. The molecular formula is C19H25N3O4S. The molecule has 0 radical (unpaired) electrons. The molecular weight excluding hydrogens is 366 g/mol. The van der Waals surface area contributed by atoms with Crippen molar-refractivity contribution in [3.8, 4) is 6.07 Å². The summed E-state index contributed by atoms with van der Waals surface area (Å²) in [6, 6.07) is 4.92. The van der Waals surface area contributed by atoms with Crippen LogP contribution in [0.3, 0.4) is 0 Å². The Morgan fingerprint density at radius 3 is 2.67 bits per heavy atom. The minimum Gasteiger partial charge on any atom is -0.444 e. The van der Waals surface area contributed by atoms with Crippen LogP contribution in [0.1, 0.15) is 56.5 Å². The van der Waals surface area contributed by atoms with E-state index < -0.39 is 32.2 Å². The van der Waals surface area contributed by atoms with Gasteiger partial charge in [0.2, 0.25) is 0 Å². The first-order valence-corrected chi connectivity index (χ1v) is 10.4. The molecule has 1 aliphatic heterocycles. The van der Waals surface area contributed by atoms with Gasteiger partial charge in [-0.25, -0.2) is 18.2 Å². The molecule has 1 fully saturated rings. The predicted molar refractivity (Wildman–Crippen MR) is 101 cm³/mol. The lowest BCUT2D eigenvalue weighted by atomic mass is 10.1. The van der Waals surface area contributed by atoms with Crippen LogP contribution in [0.5, 0.6) is 0 Å². The van der Waals surface area contributed by atoms with Gasteiger partial charge in [-0.1, -0.05) is 12.1 Å². The van der Waals surface area contributed by atoms with Gasteiger partial charge in [-0.15, -0.1) is 6.58 Å². The maximum atomic E-state index is 13.3. The number of nitrogens with zero attached hydrogens (tertiary/aromatic N) is 3. The Kier molecular flexibility index (Phi) is 6.26. The van der Waals surface area contributed by atoms with Crippen molar-refractivity contribution in [3.05, 3.63) is 42.2 Å². The predicted octanol–water partition coefficient (Wildman–Crippen LogP) is 3.34. The van der Waals surface area contributed by atoms with Crippen LogP contribution in [0.25, 0.3) is 0 Å². The molecule has 0 N–H and O–H groups in total. The molecule has 2 rings (SSSR count). The van der Waals surface area contributed by atoms with Gasteiger partial charge in [-0.3, -0.25) is 4.90 Å². The van der Waals surface area contributed by atoms with E-state index in [0.717, 1.165) is 6.42 Å². The highest BCUT2D eigenvalue weighted by Gasteiger charge is 2.42. The zero-order valence-corrected chi connectivity index (χ0v) is 16.7. The van der Waals surface area contributed by atoms with Crippen LogP contribution < -0.4 is 0 Å². The van der Waals surface area contributed by atoms with Crippen LogP contribution in [0.2, 0.25) is 0 Å². The molecule has 7 nitrogen and oxygen atoms in total. The molecule has 0 spiro atoms. The lowest BCUT2D eigenvalue weighted by molar-refractivity contribution is 0.0176. The van der Waals surface area contributed by atoms with Crippen LogP contribution >= 0.6 is 0 Å². The van der Waals surface area contributed by atoms with Crippen LogP contribution in [0.4, 0.5) is 4.79 Å². The van der Waals surface area contributed by atoms with Crippen LogP contribution in [0, 0.1) is 11.3 Å². The molecule has 0 bridgehead atoms. The molecule has 1 aromatic rings. The van der Waals surface area contributed by atoms with Crippen molar-refractivity contribution < 1.29 is 17.9 Å². The van der Waals surface area contributed by atoms with Crippen molar-refractivity contribution in [2.45, 2.75) is 56.3 Å². The first-order chi connectivity index (χ1) is 12.6. The molecule has 2 heterocycles. The summed E-state index contributed by atoms with van der Waals surface area (Å²) in [5.74, 6) is 0. The highest BCUT2D eigenvalue weighted by atomic mass is 32.2. The molecule has 1 aliphatic rings. The van der Waals surface area contributed by atoms with E-state index in [4.69, 9.17) is 10.00 Å². The van der Waals surface area contributed by atoms with E-state index in [2.05, 4.69) is 11.6 Å². The molecule has 2 unspecified atom stereocenters. The fourth-order valence-corrected chi connectivity index (χ4v) is 5.21. The first kappa shape index (κ1) is 20.9. The summed E-state index contributed by atoms with van der Waals surface area (Å²) in [6.07, 6.45) is 3.84. The third-order valence-corrected chi connectivity index (χ3v) is 6.67. The van der Waals surface area contributed by atoms with Gasteiger partial charge in [0.05, 0.1) is 0 Å². The SMILES string of the molecule is C=CC(c1ccc(C#N)nc1)S(=O)(=O)C1CCCCN1C(=O)OC(C)(C)C. The van der Waals surface area contributed by atoms with Crippen molar-refractivity contribution in [3.63, 3.8) is 0 Å². The molecule has 0 aromatic carbocycles. The van der Waals surface area contributed by atoms with E-state index in [9.17, 15) is 13.2 Å². The fourth-order valence-electron chi connectivity index (χ4n) is 3.04. The summed E-state index contributed by atoms with van der Waals surface area (Å²) in [5, 5.41) is 6.86. The summed E-state index contributed by atoms with van der Waals surface area (Å²) in [6.45, 7) is 9.22. The van der Waals surface area contributed by atoms with E-state index in [-0.39, 0.29) is 5.69 Å². The number of piperidine rings is 1. The van der Waals surface area contributed by atoms with Gasteiger partial charge in [-0.05, 0) is 51.7 Å². The zero-order chi connectivity index (χ0) is 20.2. The Hall–Kier alpha value is -2.40. The average Bonchev–Trinajstić information content (AvgIpc) is 2.61. The van der Waals surface area contributed by atoms with Crippen LogP contribution in [-0.4, -0.2) is 41.9 Å². The maximum Gasteiger partial charge on any atom is 0.411 e. The number of ether oxygens (including phenoxy) is 1. The zero-order valence-electron chi connectivity index (χ0n) is 15.9. The highest BCUT2D eigenvalue weighted by molar-refractivity contribution is 7.92. The van der Waals surface area contributed by atoms with E-state index in [1.807, 2.05) is 6.07 Å². The van der Waals surface area contributed by atoms with Crippen molar-refractivity contribution >= 4 is 15.9 Å². The number of nitriles is 1. The molecule has 1 aromatic heterocycles. The fraction of sp³-hybridized carbons (Fsp3) is 0.526. The smallest absolute Gasteiger partial charge is 0.411 e. The summed E-state index contributed by atoms with van der Waals surface area (Å²) in [7, 11) is -3.81. The Balaban J connectivity index is 2.36. The molecule has 0 aliphatic carbocycles. The van der Waals surface area contributed by atoms with Crippen LogP contribution in [-0.2, 0) is 14.6 Å². The second-order valence-electron chi connectivity index (χ2n) is 7.46. The Morgan fingerprint density at radius 1 is 1.44 bits per heavy atom. The van der Waals surface area contributed by atoms with Crippen molar-refractivity contribution in [2.24, 2.45) is 0 Å². The standard InChI is InChI=1S/C19H25N3O4S/c1-5-16(14-9-10-15(12-20)21-13-14)27(24,25)17-8-6-7-11-22(17)18(23)26-19(2,3)4/h5,9-10,13,16-17H,1,6-8,11H2,2-4H3. The molecule has 1 saturated heterocycles. The van der Waals surface area contributed by atoms with Crippen molar-refractivity contribution in [1.29, 1.82) is 5.26 Å². The van der Waals surface area contributed by atoms with E-state index in [0.29, 0.717) is 24.9 Å². The monoisotopic (exact) mass is 391 g/mol. The van der Waals surface area contributed by atoms with E-state index >= 15 is 0 Å². The normalized spacial score (nSPS) is 19.0. The lowest BCUT2D eigenvalue weighted by Gasteiger charge is -2.37. The number of sulfone groups is 1. The molecule has 27 heavy (non-hydrogen) atoms. The van der Waals surface area contributed by atoms with Gasteiger partial charge in [0.1, 0.15) is 28.0 Å². The quantitative estimate of drug-likeness (QED) is 0.730. The molecule has 2 atom stereocenters. The number of carbonyl (C=O) groups is 1. The van der Waals surface area contributed by atoms with Crippen LogP contribution in [0.15, 0.2) is 31.0 Å². The van der Waals surface area contributed by atoms with Gasteiger partial charge < -0.3 is 4.74 Å². The van der Waals surface area contributed by atoms with Gasteiger partial charge >= 0.3 is 6.09 Å². The number of hydrogen-bond donors (Lipinski definition) is 0. The number of rotatable bonds is 4. The van der Waals surface area contributed by atoms with Gasteiger partial charge in [0.15, 0.2) is 9.84 Å². The largest absolute Gasteiger partial charge is 0.444 e. The maximum absolute atomic E-state index is 13.3. The number of pyridine rings is 1. The first-order valence-electron chi connectivity index (χ1n) is 8.81. The molecule has 1 amide bonds. The second-order valence-corrected chi connectivity index (χ2v) is 9.69. The third-order valence-electron chi connectivity index (χ3n) is 4.25. The third kappa shape index (κ3) is 4.86. The summed E-state index contributed by atoms with van der Waals surface area (Å²) >= 11 is 0. The Morgan fingerprint density at radius 2 is 2.15 bits per heavy atom. The number of amides is 1. The summed E-state index contributed by atoms with van der Waals surface area (Å²) in [4.78, 5) is 17.8. The number of aromatic nitrogens is 1. The number of carbonyl (C=O) groups excluding carboxylic acids is 1. The summed E-state index contributed by atoms with van der Waals surface area (Å²) in [5.41, 5.74) is -0.0942. The van der Waals surface area contributed by atoms with Gasteiger partial charge in [0, 0.05) is 12.7 Å². The topological polar surface area (TPSA) is 100 Å². The van der Waals surface area contributed by atoms with Crippen molar-refractivity contribution in [2.75, 3.05) is 6.54 Å². The van der Waals surface area contributed by atoms with E-state index in [1.54, 1.807) is 26.8 Å². The van der Waals surface area contributed by atoms with Gasteiger partial charge in [-0.2, -0.15) is 5.26 Å². The van der Waals surface area contributed by atoms with E-state index in [1.165, 1.54) is 23.2 Å². The number of hydrogen-bond acceptors (Lipinski definition) is 6. The molecule has 8 heteroatoms. The minimum atomic E-state index is -3.81. The minimum absolute atomic E-state index is 0.201. The molecule has 146 valence electrons. The number of likely N-dealkylation sites (tertiary alicyclic amines) is 1. The van der Waals surface area contributed by atoms with Gasteiger partial charge in [0.25, 0.3) is 0 Å². The highest BCUT2D eigenvalue weighted by Crippen LogP contribution is 2.33. The Labute approximate surface area is 160 Å². The average molecular weight is 391 g/mol. The second kappa shape index (κ2) is 8.09. The van der Waals surface area contributed by atoms with Crippen molar-refractivity contribution in [1.82, 2.24) is 9.88 Å². The lowest BCUT2D eigenvalue weighted by Crippen LogP contribution is -2.50. The summed E-state index contributed by atoms with van der Waals surface area (Å²) < 4.78 is 32.1. The molecule has 0 saturated carbocycles.